The van der Waals surface area contributed by atoms with Crippen LogP contribution in [0.3, 0.4) is 0 Å². The van der Waals surface area contributed by atoms with Crippen LogP contribution in [0, 0.1) is 0 Å². The molecule has 0 aromatic heterocycles. The Labute approximate surface area is 171 Å². The van der Waals surface area contributed by atoms with Gasteiger partial charge in [0.05, 0.1) is 6.42 Å². The minimum absolute atomic E-state index is 0.0270. The van der Waals surface area contributed by atoms with Crippen molar-refractivity contribution in [2.24, 2.45) is 0 Å². The molecule has 1 aliphatic rings. The molecule has 1 amide bonds. The molecule has 1 heterocycles. The van der Waals surface area contributed by atoms with Gasteiger partial charge in [0, 0.05) is 29.5 Å². The first-order valence-electron chi connectivity index (χ1n) is 8.84. The summed E-state index contributed by atoms with van der Waals surface area (Å²) in [5.41, 5.74) is 2.94. The largest absolute Gasteiger partial charge is 0.490 e. The number of carboxylic acid groups (broad SMARTS) is 1. The van der Waals surface area contributed by atoms with E-state index in [1.807, 2.05) is 42.5 Å². The molecule has 156 valence electrons. The highest BCUT2D eigenvalue weighted by atomic mass is 35.5. The van der Waals surface area contributed by atoms with Gasteiger partial charge in [-0.3, -0.25) is 4.79 Å². The Morgan fingerprint density at radius 3 is 2.28 bits per heavy atom. The van der Waals surface area contributed by atoms with E-state index in [-0.39, 0.29) is 5.91 Å². The molecule has 0 unspecified atom stereocenters. The van der Waals surface area contributed by atoms with E-state index < -0.39 is 12.1 Å². The van der Waals surface area contributed by atoms with Crippen LogP contribution in [-0.4, -0.2) is 36.2 Å². The Morgan fingerprint density at radius 1 is 1.07 bits per heavy atom. The molecule has 29 heavy (non-hydrogen) atoms. The minimum Gasteiger partial charge on any atom is -0.475 e. The number of alkyl halides is 3. The maximum absolute atomic E-state index is 12.2. The number of rotatable bonds is 4. The number of amides is 1. The van der Waals surface area contributed by atoms with Crippen LogP contribution in [0.25, 0.3) is 0 Å². The van der Waals surface area contributed by atoms with Gasteiger partial charge < -0.3 is 15.3 Å². The molecule has 0 radical (unpaired) electrons. The van der Waals surface area contributed by atoms with Crippen LogP contribution in [-0.2, 0) is 16.0 Å². The molecule has 3 rings (SSSR count). The summed E-state index contributed by atoms with van der Waals surface area (Å²) in [7, 11) is 0. The summed E-state index contributed by atoms with van der Waals surface area (Å²) in [6.45, 7) is 2.19. The number of aliphatic carboxylic acids is 1. The van der Waals surface area contributed by atoms with Crippen molar-refractivity contribution in [2.75, 3.05) is 23.3 Å². The molecule has 1 fully saturated rings. The van der Waals surface area contributed by atoms with Crippen molar-refractivity contribution in [3.63, 3.8) is 0 Å². The quantitative estimate of drug-likeness (QED) is 0.737. The first-order chi connectivity index (χ1) is 13.6. The van der Waals surface area contributed by atoms with Crippen molar-refractivity contribution < 1.29 is 27.9 Å². The topological polar surface area (TPSA) is 69.6 Å². The molecule has 0 aliphatic carbocycles. The fraction of sp³-hybridized carbons (Fsp3) is 0.300. The Balaban J connectivity index is 0.000000370. The lowest BCUT2D eigenvalue weighted by Crippen LogP contribution is -2.21. The molecule has 2 N–H and O–H groups in total. The van der Waals surface area contributed by atoms with Gasteiger partial charge in [-0.15, -0.1) is 0 Å². The highest BCUT2D eigenvalue weighted by Gasteiger charge is 2.38. The maximum atomic E-state index is 12.2. The van der Waals surface area contributed by atoms with Gasteiger partial charge >= 0.3 is 12.1 Å². The van der Waals surface area contributed by atoms with Crippen molar-refractivity contribution in [2.45, 2.75) is 25.4 Å². The molecule has 1 aliphatic heterocycles. The standard InChI is InChI=1S/C18H19ClN2O.C2HF3O2/c19-15-6-3-5-14(11-15)12-18(22)20-16-7-4-8-17(13-16)21-9-1-2-10-21;3-2(4,5)1(6)7/h3-8,11,13H,1-2,9-10,12H2,(H,20,22);(H,6,7). The van der Waals surface area contributed by atoms with Crippen molar-refractivity contribution in [3.05, 3.63) is 59.1 Å². The van der Waals surface area contributed by atoms with E-state index in [4.69, 9.17) is 21.5 Å². The number of halogens is 4. The van der Waals surface area contributed by atoms with Crippen molar-refractivity contribution in [1.29, 1.82) is 0 Å². The summed E-state index contributed by atoms with van der Waals surface area (Å²) in [5, 5.41) is 10.7. The molecule has 2 aromatic carbocycles. The van der Waals surface area contributed by atoms with Crippen molar-refractivity contribution >= 4 is 34.9 Å². The van der Waals surface area contributed by atoms with E-state index in [0.29, 0.717) is 11.4 Å². The van der Waals surface area contributed by atoms with Gasteiger partial charge in [-0.1, -0.05) is 29.8 Å². The summed E-state index contributed by atoms with van der Waals surface area (Å²) in [4.78, 5) is 23.4. The first kappa shape index (κ1) is 22.5. The van der Waals surface area contributed by atoms with Gasteiger partial charge in [-0.2, -0.15) is 13.2 Å². The molecule has 1 saturated heterocycles. The molecule has 0 spiro atoms. The smallest absolute Gasteiger partial charge is 0.475 e. The summed E-state index contributed by atoms with van der Waals surface area (Å²) in [6.07, 6.45) is -2.27. The van der Waals surface area contributed by atoms with Crippen molar-refractivity contribution in [1.82, 2.24) is 0 Å². The molecular formula is C20H20ClF3N2O3. The van der Waals surface area contributed by atoms with Crippen LogP contribution >= 0.6 is 11.6 Å². The number of carboxylic acids is 1. The lowest BCUT2D eigenvalue weighted by molar-refractivity contribution is -0.192. The summed E-state index contributed by atoms with van der Waals surface area (Å²) >= 11 is 5.94. The monoisotopic (exact) mass is 428 g/mol. The molecular weight excluding hydrogens is 409 g/mol. The van der Waals surface area contributed by atoms with Gasteiger partial charge in [0.2, 0.25) is 5.91 Å². The lowest BCUT2D eigenvalue weighted by atomic mass is 10.1. The van der Waals surface area contributed by atoms with E-state index in [1.54, 1.807) is 0 Å². The number of benzene rings is 2. The lowest BCUT2D eigenvalue weighted by Gasteiger charge is -2.18. The predicted octanol–water partition coefficient (Wildman–Crippen LogP) is 4.75. The summed E-state index contributed by atoms with van der Waals surface area (Å²) in [5.74, 6) is -2.78. The Hall–Kier alpha value is -2.74. The average molecular weight is 429 g/mol. The molecule has 0 saturated carbocycles. The highest BCUT2D eigenvalue weighted by Crippen LogP contribution is 2.23. The van der Waals surface area contributed by atoms with Crippen LogP contribution in [0.1, 0.15) is 18.4 Å². The zero-order chi connectivity index (χ0) is 21.4. The molecule has 9 heteroatoms. The van der Waals surface area contributed by atoms with Gasteiger partial charge in [-0.25, -0.2) is 4.79 Å². The van der Waals surface area contributed by atoms with Crippen molar-refractivity contribution in [3.8, 4) is 0 Å². The number of anilines is 2. The van der Waals surface area contributed by atoms with E-state index >= 15 is 0 Å². The Kier molecular flexibility index (Phi) is 7.90. The zero-order valence-corrected chi connectivity index (χ0v) is 16.1. The normalized spacial score (nSPS) is 13.4. The van der Waals surface area contributed by atoms with Crippen LogP contribution in [0.5, 0.6) is 0 Å². The number of carbonyl (C=O) groups is 2. The SMILES string of the molecule is O=C(Cc1cccc(Cl)c1)Nc1cccc(N2CCCC2)c1.O=C(O)C(F)(F)F. The van der Waals surface area contributed by atoms with E-state index in [9.17, 15) is 18.0 Å². The molecule has 0 atom stereocenters. The van der Waals surface area contributed by atoms with E-state index in [0.717, 1.165) is 24.3 Å². The average Bonchev–Trinajstić information content (AvgIpc) is 3.16. The summed E-state index contributed by atoms with van der Waals surface area (Å²) < 4.78 is 31.7. The Bertz CT molecular complexity index is 853. The highest BCUT2D eigenvalue weighted by molar-refractivity contribution is 6.30. The number of carbonyl (C=O) groups excluding carboxylic acids is 1. The van der Waals surface area contributed by atoms with E-state index in [1.165, 1.54) is 18.5 Å². The predicted molar refractivity (Wildman–Crippen MR) is 105 cm³/mol. The van der Waals surface area contributed by atoms with E-state index in [2.05, 4.69) is 16.3 Å². The van der Waals surface area contributed by atoms with Crippen LogP contribution in [0.4, 0.5) is 24.5 Å². The van der Waals surface area contributed by atoms with Gasteiger partial charge in [0.15, 0.2) is 0 Å². The number of nitrogens with zero attached hydrogens (tertiary/aromatic N) is 1. The fourth-order valence-corrected chi connectivity index (χ4v) is 3.01. The number of hydrogen-bond donors (Lipinski definition) is 2. The second kappa shape index (κ2) is 10.2. The Morgan fingerprint density at radius 2 is 1.69 bits per heavy atom. The third-order valence-corrected chi connectivity index (χ3v) is 4.33. The minimum atomic E-state index is -5.08. The van der Waals surface area contributed by atoms with Gasteiger partial charge in [0.25, 0.3) is 0 Å². The van der Waals surface area contributed by atoms with Crippen LogP contribution in [0.2, 0.25) is 5.02 Å². The third kappa shape index (κ3) is 7.65. The molecule has 0 bridgehead atoms. The molecule has 2 aromatic rings. The third-order valence-electron chi connectivity index (χ3n) is 4.10. The second-order valence-corrected chi connectivity index (χ2v) is 6.84. The fourth-order valence-electron chi connectivity index (χ4n) is 2.79. The number of nitrogens with one attached hydrogen (secondary N) is 1. The number of hydrogen-bond acceptors (Lipinski definition) is 3. The van der Waals surface area contributed by atoms with Crippen LogP contribution < -0.4 is 10.2 Å². The maximum Gasteiger partial charge on any atom is 0.490 e. The molecule has 5 nitrogen and oxygen atoms in total. The van der Waals surface area contributed by atoms with Gasteiger partial charge in [0.1, 0.15) is 0 Å². The second-order valence-electron chi connectivity index (χ2n) is 6.40. The van der Waals surface area contributed by atoms with Crippen LogP contribution in [0.15, 0.2) is 48.5 Å². The summed E-state index contributed by atoms with van der Waals surface area (Å²) in [6, 6.07) is 15.5. The first-order valence-corrected chi connectivity index (χ1v) is 9.22. The zero-order valence-electron chi connectivity index (χ0n) is 15.4. The van der Waals surface area contributed by atoms with Gasteiger partial charge in [-0.05, 0) is 48.7 Å².